The van der Waals surface area contributed by atoms with Crippen LogP contribution in [0.4, 0.5) is 0 Å². The lowest BCUT2D eigenvalue weighted by molar-refractivity contribution is -0.147. The van der Waals surface area contributed by atoms with E-state index in [1.165, 1.54) is 11.8 Å². The molecule has 0 radical (unpaired) electrons. The number of Topliss-reactive ketones (excluding diaryl/α,β-unsaturated/α-hetero) is 1. The standard InChI is InChI=1S/C18H20O5S2/c1-10-9-20-14-12(10)13(19)11-8-18(21-6-7-22-18)5-4-17(11,2)15(14)23-16(24)25-3/h4-5,9,11,15H,6-8H2,1-3H3/t11-,15+,17-/m1/s1. The fourth-order valence-corrected chi connectivity index (χ4v) is 4.37. The summed E-state index contributed by atoms with van der Waals surface area (Å²) in [6.07, 6.45) is 7.41. The van der Waals surface area contributed by atoms with Gasteiger partial charge < -0.3 is 18.6 Å². The smallest absolute Gasteiger partial charge is 0.220 e. The monoisotopic (exact) mass is 380 g/mol. The molecule has 0 saturated carbocycles. The molecule has 0 aromatic carbocycles. The summed E-state index contributed by atoms with van der Waals surface area (Å²) in [4.78, 5) is 13.3. The van der Waals surface area contributed by atoms with Crippen molar-refractivity contribution in [3.05, 3.63) is 35.3 Å². The second-order valence-corrected chi connectivity index (χ2v) is 8.35. The fourth-order valence-electron chi connectivity index (χ4n) is 4.08. The molecule has 134 valence electrons. The molecular weight excluding hydrogens is 360 g/mol. The van der Waals surface area contributed by atoms with Crippen molar-refractivity contribution in [3.63, 3.8) is 0 Å². The summed E-state index contributed by atoms with van der Waals surface area (Å²) in [5.74, 6) is -0.512. The van der Waals surface area contributed by atoms with Gasteiger partial charge in [-0.15, -0.1) is 0 Å². The van der Waals surface area contributed by atoms with Crippen LogP contribution in [0.15, 0.2) is 22.8 Å². The minimum absolute atomic E-state index is 0.0569. The van der Waals surface area contributed by atoms with E-state index in [-0.39, 0.29) is 11.7 Å². The zero-order valence-electron chi connectivity index (χ0n) is 14.4. The Morgan fingerprint density at radius 2 is 2.08 bits per heavy atom. The molecule has 1 fully saturated rings. The van der Waals surface area contributed by atoms with Gasteiger partial charge in [0.2, 0.25) is 4.38 Å². The Labute approximate surface area is 156 Å². The first kappa shape index (κ1) is 17.3. The molecule has 2 heterocycles. The van der Waals surface area contributed by atoms with Crippen molar-refractivity contribution in [2.75, 3.05) is 19.5 Å². The van der Waals surface area contributed by atoms with Crippen LogP contribution in [0.5, 0.6) is 0 Å². The SMILES string of the molecule is CSC(=S)O[C@H]1c2occ(C)c2C(=O)[C@H]2CC3(C=C[C@]21C)OCCO3. The molecule has 0 bridgehead atoms. The first-order valence-electron chi connectivity index (χ1n) is 8.25. The number of carbonyl (C=O) groups is 1. The van der Waals surface area contributed by atoms with Gasteiger partial charge in [-0.25, -0.2) is 0 Å². The quantitative estimate of drug-likeness (QED) is 0.542. The Hall–Kier alpha value is -1.15. The number of ketones is 1. The summed E-state index contributed by atoms with van der Waals surface area (Å²) in [6.45, 7) is 4.97. The Morgan fingerprint density at radius 1 is 1.36 bits per heavy atom. The predicted molar refractivity (Wildman–Crippen MR) is 97.7 cm³/mol. The molecule has 0 N–H and O–H groups in total. The lowest BCUT2D eigenvalue weighted by atomic mass is 9.60. The number of ether oxygens (including phenoxy) is 3. The molecule has 1 spiro atoms. The summed E-state index contributed by atoms with van der Waals surface area (Å²) < 4.78 is 23.8. The predicted octanol–water partition coefficient (Wildman–Crippen LogP) is 3.82. The van der Waals surface area contributed by atoms with Gasteiger partial charge >= 0.3 is 0 Å². The largest absolute Gasteiger partial charge is 0.466 e. The van der Waals surface area contributed by atoms with E-state index in [0.717, 1.165) is 5.56 Å². The van der Waals surface area contributed by atoms with E-state index >= 15 is 0 Å². The topological polar surface area (TPSA) is 57.9 Å². The van der Waals surface area contributed by atoms with E-state index in [4.69, 9.17) is 30.8 Å². The zero-order valence-corrected chi connectivity index (χ0v) is 16.0. The number of hydrogen-bond donors (Lipinski definition) is 0. The van der Waals surface area contributed by atoms with Crippen molar-refractivity contribution in [2.45, 2.75) is 32.2 Å². The highest BCUT2D eigenvalue weighted by molar-refractivity contribution is 8.22. The molecule has 5 nitrogen and oxygen atoms in total. The minimum atomic E-state index is -0.806. The lowest BCUT2D eigenvalue weighted by Gasteiger charge is -2.48. The molecule has 1 aromatic heterocycles. The van der Waals surface area contributed by atoms with Crippen LogP contribution in [0.2, 0.25) is 0 Å². The van der Waals surface area contributed by atoms with Crippen LogP contribution in [-0.2, 0) is 14.2 Å². The summed E-state index contributed by atoms with van der Waals surface area (Å²) in [5.41, 5.74) is 0.858. The van der Waals surface area contributed by atoms with Gasteiger partial charge in [-0.1, -0.05) is 24.8 Å². The summed E-state index contributed by atoms with van der Waals surface area (Å²) >= 11 is 6.65. The first-order chi connectivity index (χ1) is 11.9. The third-order valence-corrected chi connectivity index (χ3v) is 6.49. The third kappa shape index (κ3) is 2.51. The molecular formula is C18H20O5S2. The van der Waals surface area contributed by atoms with Crippen LogP contribution in [0, 0.1) is 18.3 Å². The van der Waals surface area contributed by atoms with Crippen molar-refractivity contribution in [3.8, 4) is 0 Å². The van der Waals surface area contributed by atoms with Gasteiger partial charge in [0.05, 0.1) is 25.0 Å². The summed E-state index contributed by atoms with van der Waals surface area (Å²) in [5, 5.41) is 0. The van der Waals surface area contributed by atoms with E-state index in [2.05, 4.69) is 0 Å². The molecule has 3 atom stereocenters. The number of hydrogen-bond acceptors (Lipinski definition) is 7. The minimum Gasteiger partial charge on any atom is -0.466 e. The number of rotatable bonds is 1. The van der Waals surface area contributed by atoms with Crippen LogP contribution in [0.1, 0.15) is 41.1 Å². The molecule has 4 rings (SSSR count). The van der Waals surface area contributed by atoms with Gasteiger partial charge in [0.1, 0.15) is 0 Å². The van der Waals surface area contributed by atoms with E-state index in [1.54, 1.807) is 6.26 Å². The van der Waals surface area contributed by atoms with Crippen molar-refractivity contribution in [1.82, 2.24) is 0 Å². The van der Waals surface area contributed by atoms with E-state index < -0.39 is 17.3 Å². The van der Waals surface area contributed by atoms with Crippen molar-refractivity contribution in [2.24, 2.45) is 11.3 Å². The van der Waals surface area contributed by atoms with Crippen LogP contribution >= 0.6 is 24.0 Å². The maximum Gasteiger partial charge on any atom is 0.220 e. The second kappa shape index (κ2) is 5.94. The number of fused-ring (bicyclic) bond motifs is 2. The summed E-state index contributed by atoms with van der Waals surface area (Å²) in [7, 11) is 0. The lowest BCUT2D eigenvalue weighted by Crippen LogP contribution is -2.50. The molecule has 7 heteroatoms. The Kier molecular flexibility index (Phi) is 4.11. The van der Waals surface area contributed by atoms with Crippen LogP contribution in [0.3, 0.4) is 0 Å². The van der Waals surface area contributed by atoms with Gasteiger partial charge in [0.25, 0.3) is 0 Å². The molecule has 25 heavy (non-hydrogen) atoms. The Balaban J connectivity index is 1.83. The number of aryl methyl sites for hydroxylation is 1. The number of carbonyl (C=O) groups excluding carboxylic acids is 1. The second-order valence-electron chi connectivity index (χ2n) is 6.94. The molecule has 3 aliphatic rings. The zero-order chi connectivity index (χ0) is 17.8. The van der Waals surface area contributed by atoms with Crippen molar-refractivity contribution in [1.29, 1.82) is 0 Å². The van der Waals surface area contributed by atoms with Crippen LogP contribution < -0.4 is 0 Å². The number of furan rings is 1. The van der Waals surface area contributed by atoms with E-state index in [1.807, 2.05) is 32.3 Å². The van der Waals surface area contributed by atoms with Crippen molar-refractivity contribution >= 4 is 34.1 Å². The highest BCUT2D eigenvalue weighted by Crippen LogP contribution is 2.57. The molecule has 0 unspecified atom stereocenters. The summed E-state index contributed by atoms with van der Waals surface area (Å²) in [6, 6.07) is 0. The Morgan fingerprint density at radius 3 is 2.76 bits per heavy atom. The molecule has 1 aromatic rings. The Bertz CT molecular complexity index is 762. The van der Waals surface area contributed by atoms with Gasteiger partial charge in [-0.2, -0.15) is 0 Å². The maximum absolute atomic E-state index is 13.3. The highest BCUT2D eigenvalue weighted by atomic mass is 32.2. The fraction of sp³-hybridized carbons (Fsp3) is 0.556. The highest BCUT2D eigenvalue weighted by Gasteiger charge is 2.58. The molecule has 1 aliphatic heterocycles. The van der Waals surface area contributed by atoms with Crippen LogP contribution in [-0.4, -0.2) is 35.4 Å². The van der Waals surface area contributed by atoms with E-state index in [9.17, 15) is 4.79 Å². The average Bonchev–Trinajstić information content (AvgIpc) is 3.21. The van der Waals surface area contributed by atoms with Gasteiger partial charge in [0, 0.05) is 17.8 Å². The van der Waals surface area contributed by atoms with Gasteiger partial charge in [-0.3, -0.25) is 4.79 Å². The van der Waals surface area contributed by atoms with E-state index in [0.29, 0.717) is 35.3 Å². The molecule has 0 amide bonds. The number of thiocarbonyl (C=S) groups is 1. The molecule has 2 aliphatic carbocycles. The normalized spacial score (nSPS) is 32.5. The molecule has 1 saturated heterocycles. The van der Waals surface area contributed by atoms with Gasteiger partial charge in [0.15, 0.2) is 23.4 Å². The maximum atomic E-state index is 13.3. The van der Waals surface area contributed by atoms with Crippen LogP contribution in [0.25, 0.3) is 0 Å². The van der Waals surface area contributed by atoms with Gasteiger partial charge in [-0.05, 0) is 37.0 Å². The number of thioether (sulfide) groups is 1. The van der Waals surface area contributed by atoms with Crippen molar-refractivity contribution < 1.29 is 23.4 Å². The first-order valence-corrected chi connectivity index (χ1v) is 9.88. The third-order valence-electron chi connectivity index (χ3n) is 5.46. The average molecular weight is 380 g/mol.